The highest BCUT2D eigenvalue weighted by Gasteiger charge is 2.11. The van der Waals surface area contributed by atoms with E-state index >= 15 is 0 Å². The van der Waals surface area contributed by atoms with Crippen molar-refractivity contribution in [2.24, 2.45) is 5.73 Å². The number of nitrogens with one attached hydrogen (secondary N) is 1. The molecule has 0 saturated heterocycles. The van der Waals surface area contributed by atoms with E-state index in [1.54, 1.807) is 14.0 Å². The molecule has 0 heterocycles. The summed E-state index contributed by atoms with van der Waals surface area (Å²) >= 11 is 0. The Kier molecular flexibility index (Phi) is 4.46. The Morgan fingerprint density at radius 3 is 2.67 bits per heavy atom. The average Bonchev–Trinajstić information content (AvgIpc) is 2.25. The maximum atomic E-state index is 11.2. The van der Waals surface area contributed by atoms with Gasteiger partial charge in [-0.15, -0.1) is 0 Å². The number of benzene rings is 1. The number of hydrogen-bond acceptors (Lipinski definition) is 3. The van der Waals surface area contributed by atoms with Crippen LogP contribution >= 0.6 is 0 Å². The van der Waals surface area contributed by atoms with Crippen molar-refractivity contribution in [3.63, 3.8) is 0 Å². The summed E-state index contributed by atoms with van der Waals surface area (Å²) < 4.78 is 0. The van der Waals surface area contributed by atoms with Gasteiger partial charge in [-0.05, 0) is 31.5 Å². The third-order valence-corrected chi connectivity index (χ3v) is 2.51. The molecule has 1 rings (SSSR count). The van der Waals surface area contributed by atoms with Crippen molar-refractivity contribution in [1.29, 1.82) is 0 Å². The first kappa shape index (κ1) is 11.9. The molecule has 0 bridgehead atoms. The summed E-state index contributed by atoms with van der Waals surface area (Å²) in [5.41, 5.74) is 7.81. The zero-order valence-electron chi connectivity index (χ0n) is 9.29. The van der Waals surface area contributed by atoms with Gasteiger partial charge in [0.1, 0.15) is 5.78 Å². The fraction of sp³-hybridized carbons (Fsp3) is 0.417. The second-order valence-corrected chi connectivity index (χ2v) is 3.68. The van der Waals surface area contributed by atoms with Crippen molar-refractivity contribution in [2.75, 3.05) is 7.05 Å². The van der Waals surface area contributed by atoms with Crippen LogP contribution in [-0.2, 0) is 17.8 Å². The van der Waals surface area contributed by atoms with Crippen LogP contribution in [0, 0.1) is 0 Å². The third kappa shape index (κ3) is 3.46. The highest BCUT2D eigenvalue weighted by atomic mass is 16.1. The minimum absolute atomic E-state index is 0.0991. The lowest BCUT2D eigenvalue weighted by Crippen LogP contribution is -2.34. The molecule has 0 fully saturated rings. The maximum Gasteiger partial charge on any atom is 0.147 e. The molecule has 1 aromatic carbocycles. The molecule has 82 valence electrons. The molecule has 15 heavy (non-hydrogen) atoms. The summed E-state index contributed by atoms with van der Waals surface area (Å²) in [5, 5.41) is 3.01. The lowest BCUT2D eigenvalue weighted by molar-refractivity contribution is -0.118. The number of rotatable bonds is 5. The van der Waals surface area contributed by atoms with Crippen molar-refractivity contribution in [2.45, 2.75) is 25.9 Å². The summed E-state index contributed by atoms with van der Waals surface area (Å²) in [6.07, 6.45) is 0.722. The average molecular weight is 206 g/mol. The molecular weight excluding hydrogens is 188 g/mol. The summed E-state index contributed by atoms with van der Waals surface area (Å²) in [6.45, 7) is 2.14. The summed E-state index contributed by atoms with van der Waals surface area (Å²) in [7, 11) is 1.80. The van der Waals surface area contributed by atoms with Crippen LogP contribution in [0.2, 0.25) is 0 Å². The number of hydrogen-bond donors (Lipinski definition) is 2. The molecule has 3 heteroatoms. The summed E-state index contributed by atoms with van der Waals surface area (Å²) in [5.74, 6) is 0.163. The van der Waals surface area contributed by atoms with Crippen molar-refractivity contribution in [1.82, 2.24) is 5.32 Å². The SMILES string of the molecule is CN[C@@H](Cc1cccc(CN)c1)C(C)=O. The molecule has 0 saturated carbocycles. The Hall–Kier alpha value is -1.19. The van der Waals surface area contributed by atoms with Gasteiger partial charge in [0.05, 0.1) is 6.04 Å². The van der Waals surface area contributed by atoms with E-state index in [0.717, 1.165) is 17.5 Å². The smallest absolute Gasteiger partial charge is 0.147 e. The van der Waals surface area contributed by atoms with Gasteiger partial charge in [0, 0.05) is 6.54 Å². The standard InChI is InChI=1S/C12H18N2O/c1-9(15)12(14-2)7-10-4-3-5-11(6-10)8-13/h3-6,12,14H,7-8,13H2,1-2H3/t12-/m0/s1. The number of likely N-dealkylation sites (N-methyl/N-ethyl adjacent to an activating group) is 1. The molecule has 0 radical (unpaired) electrons. The molecule has 0 spiro atoms. The molecular formula is C12H18N2O. The van der Waals surface area contributed by atoms with Crippen LogP contribution in [0.1, 0.15) is 18.1 Å². The second-order valence-electron chi connectivity index (χ2n) is 3.68. The fourth-order valence-corrected chi connectivity index (χ4v) is 1.57. The predicted octanol–water partition coefficient (Wildman–Crippen LogP) is 0.865. The molecule has 1 atom stereocenters. The number of ketones is 1. The lowest BCUT2D eigenvalue weighted by atomic mass is 10.0. The molecule has 0 aromatic heterocycles. The van der Waals surface area contributed by atoms with Gasteiger partial charge in [-0.25, -0.2) is 0 Å². The maximum absolute atomic E-state index is 11.2. The van der Waals surface area contributed by atoms with Crippen molar-refractivity contribution in [3.05, 3.63) is 35.4 Å². The van der Waals surface area contributed by atoms with Gasteiger partial charge in [0.25, 0.3) is 0 Å². The van der Waals surface area contributed by atoms with Gasteiger partial charge in [0.15, 0.2) is 0 Å². The lowest BCUT2D eigenvalue weighted by Gasteiger charge is -2.13. The Bertz CT molecular complexity index is 336. The van der Waals surface area contributed by atoms with E-state index in [1.165, 1.54) is 0 Å². The number of carbonyl (C=O) groups excluding carboxylic acids is 1. The quantitative estimate of drug-likeness (QED) is 0.751. The second kappa shape index (κ2) is 5.63. The molecule has 0 aliphatic heterocycles. The minimum atomic E-state index is -0.0991. The summed E-state index contributed by atoms with van der Waals surface area (Å²) in [6, 6.07) is 7.94. The fourth-order valence-electron chi connectivity index (χ4n) is 1.57. The van der Waals surface area contributed by atoms with Gasteiger partial charge < -0.3 is 11.1 Å². The van der Waals surface area contributed by atoms with Crippen LogP contribution in [0.15, 0.2) is 24.3 Å². The number of Topliss-reactive ketones (excluding diaryl/α,β-unsaturated/α-hetero) is 1. The van der Waals surface area contributed by atoms with E-state index < -0.39 is 0 Å². The monoisotopic (exact) mass is 206 g/mol. The van der Waals surface area contributed by atoms with Crippen molar-refractivity contribution in [3.8, 4) is 0 Å². The van der Waals surface area contributed by atoms with Gasteiger partial charge in [-0.2, -0.15) is 0 Å². The zero-order valence-corrected chi connectivity index (χ0v) is 9.29. The summed E-state index contributed by atoms with van der Waals surface area (Å²) in [4.78, 5) is 11.2. The van der Waals surface area contributed by atoms with Gasteiger partial charge >= 0.3 is 0 Å². The van der Waals surface area contributed by atoms with E-state index in [0.29, 0.717) is 6.54 Å². The highest BCUT2D eigenvalue weighted by molar-refractivity contribution is 5.81. The van der Waals surface area contributed by atoms with E-state index in [1.807, 2.05) is 24.3 Å². The Balaban J connectivity index is 2.74. The Morgan fingerprint density at radius 1 is 1.47 bits per heavy atom. The minimum Gasteiger partial charge on any atom is -0.326 e. The van der Waals surface area contributed by atoms with Crippen LogP contribution in [0.3, 0.4) is 0 Å². The zero-order chi connectivity index (χ0) is 11.3. The predicted molar refractivity (Wildman–Crippen MR) is 61.6 cm³/mol. The van der Waals surface area contributed by atoms with Crippen LogP contribution in [0.4, 0.5) is 0 Å². The van der Waals surface area contributed by atoms with Crippen LogP contribution in [-0.4, -0.2) is 18.9 Å². The topological polar surface area (TPSA) is 55.1 Å². The first-order valence-corrected chi connectivity index (χ1v) is 5.13. The van der Waals surface area contributed by atoms with Crippen molar-refractivity contribution < 1.29 is 4.79 Å². The highest BCUT2D eigenvalue weighted by Crippen LogP contribution is 2.07. The molecule has 0 aliphatic rings. The van der Waals surface area contributed by atoms with E-state index in [4.69, 9.17) is 5.73 Å². The molecule has 3 nitrogen and oxygen atoms in total. The van der Waals surface area contributed by atoms with Crippen LogP contribution in [0.5, 0.6) is 0 Å². The van der Waals surface area contributed by atoms with Gasteiger partial charge in [0.2, 0.25) is 0 Å². The molecule has 0 amide bonds. The number of nitrogens with two attached hydrogens (primary N) is 1. The first-order chi connectivity index (χ1) is 7.17. The Morgan fingerprint density at radius 2 is 2.13 bits per heavy atom. The molecule has 1 aromatic rings. The first-order valence-electron chi connectivity index (χ1n) is 5.13. The van der Waals surface area contributed by atoms with Gasteiger partial charge in [-0.3, -0.25) is 4.79 Å². The molecule has 3 N–H and O–H groups in total. The van der Waals surface area contributed by atoms with E-state index in [2.05, 4.69) is 5.32 Å². The van der Waals surface area contributed by atoms with E-state index in [9.17, 15) is 4.79 Å². The largest absolute Gasteiger partial charge is 0.326 e. The van der Waals surface area contributed by atoms with Gasteiger partial charge in [-0.1, -0.05) is 24.3 Å². The molecule has 0 unspecified atom stereocenters. The normalized spacial score (nSPS) is 12.5. The number of carbonyl (C=O) groups is 1. The third-order valence-electron chi connectivity index (χ3n) is 2.51. The Labute approximate surface area is 90.7 Å². The van der Waals surface area contributed by atoms with Crippen LogP contribution in [0.25, 0.3) is 0 Å². The van der Waals surface area contributed by atoms with Crippen molar-refractivity contribution >= 4 is 5.78 Å². The molecule has 0 aliphatic carbocycles. The van der Waals surface area contributed by atoms with Crippen LogP contribution < -0.4 is 11.1 Å². The van der Waals surface area contributed by atoms with E-state index in [-0.39, 0.29) is 11.8 Å².